The highest BCUT2D eigenvalue weighted by Crippen LogP contribution is 2.24. The predicted octanol–water partition coefficient (Wildman–Crippen LogP) is 5.60. The first-order valence-corrected chi connectivity index (χ1v) is 9.64. The van der Waals surface area contributed by atoms with Crippen molar-refractivity contribution in [3.8, 4) is 0 Å². The van der Waals surface area contributed by atoms with Gasteiger partial charge in [0.05, 0.1) is 16.6 Å². The molecular weight excluding hydrogens is 413 g/mol. The van der Waals surface area contributed by atoms with Crippen LogP contribution < -0.4 is 10.6 Å². The molecule has 0 atom stereocenters. The van der Waals surface area contributed by atoms with E-state index in [1.54, 1.807) is 17.1 Å². The van der Waals surface area contributed by atoms with Crippen LogP contribution in [0.4, 0.5) is 11.6 Å². The molecule has 0 saturated heterocycles. The molecule has 8 heteroatoms. The van der Waals surface area contributed by atoms with Crippen LogP contribution >= 0.6 is 35.4 Å². The van der Waals surface area contributed by atoms with Crippen LogP contribution in [0.3, 0.4) is 0 Å². The van der Waals surface area contributed by atoms with Crippen molar-refractivity contribution in [2.24, 2.45) is 0 Å². The summed E-state index contributed by atoms with van der Waals surface area (Å²) in [6.45, 7) is 0.523. The number of anilines is 2. The standard InChI is InChI=1S/C20H15Cl2N5S/c21-16-9-8-13(10-17(16)22)11-27-12-23-19(26-27)25-20(28)24-18-7-3-5-14-4-1-2-6-15(14)18/h1-10,12H,11H2,(H2,24,25,26,28). The van der Waals surface area contributed by atoms with E-state index in [1.807, 2.05) is 42.5 Å². The Morgan fingerprint density at radius 2 is 1.79 bits per heavy atom. The third-order valence-corrected chi connectivity index (χ3v) is 5.07. The van der Waals surface area contributed by atoms with Gasteiger partial charge in [0.2, 0.25) is 5.95 Å². The fraction of sp³-hybridized carbons (Fsp3) is 0.0500. The maximum atomic E-state index is 6.06. The highest BCUT2D eigenvalue weighted by Gasteiger charge is 2.07. The summed E-state index contributed by atoms with van der Waals surface area (Å²) < 4.78 is 1.70. The fourth-order valence-electron chi connectivity index (χ4n) is 2.84. The van der Waals surface area contributed by atoms with Gasteiger partial charge < -0.3 is 5.32 Å². The van der Waals surface area contributed by atoms with Crippen molar-refractivity contribution in [1.29, 1.82) is 0 Å². The van der Waals surface area contributed by atoms with Crippen molar-refractivity contribution >= 4 is 62.9 Å². The SMILES string of the molecule is S=C(Nc1ncn(Cc2ccc(Cl)c(Cl)c2)n1)Nc1cccc2ccccc12. The summed E-state index contributed by atoms with van der Waals surface area (Å²) >= 11 is 17.4. The second-order valence-electron chi connectivity index (χ2n) is 6.12. The molecule has 4 rings (SSSR count). The second kappa shape index (κ2) is 8.14. The number of nitrogens with zero attached hydrogens (tertiary/aromatic N) is 3. The molecule has 0 bridgehead atoms. The summed E-state index contributed by atoms with van der Waals surface area (Å²) in [6, 6.07) is 19.6. The van der Waals surface area contributed by atoms with Gasteiger partial charge in [0.25, 0.3) is 0 Å². The summed E-state index contributed by atoms with van der Waals surface area (Å²) in [5, 5.41) is 14.3. The molecular formula is C20H15Cl2N5S. The van der Waals surface area contributed by atoms with Gasteiger partial charge in [0, 0.05) is 11.1 Å². The highest BCUT2D eigenvalue weighted by atomic mass is 35.5. The molecule has 1 heterocycles. The Kier molecular flexibility index (Phi) is 5.43. The Bertz CT molecular complexity index is 1150. The van der Waals surface area contributed by atoms with Crippen LogP contribution in [0, 0.1) is 0 Å². The van der Waals surface area contributed by atoms with E-state index in [2.05, 4.69) is 32.8 Å². The van der Waals surface area contributed by atoms with Gasteiger partial charge in [-0.2, -0.15) is 0 Å². The third-order valence-electron chi connectivity index (χ3n) is 4.13. The topological polar surface area (TPSA) is 54.8 Å². The Labute approximate surface area is 177 Å². The number of fused-ring (bicyclic) bond motifs is 1. The molecule has 0 amide bonds. The number of benzene rings is 3. The number of hydrogen-bond acceptors (Lipinski definition) is 3. The van der Waals surface area contributed by atoms with E-state index in [1.165, 1.54) is 0 Å². The lowest BCUT2D eigenvalue weighted by Crippen LogP contribution is -2.20. The van der Waals surface area contributed by atoms with Crippen molar-refractivity contribution in [3.63, 3.8) is 0 Å². The van der Waals surface area contributed by atoms with Gasteiger partial charge in [-0.1, -0.05) is 65.7 Å². The van der Waals surface area contributed by atoms with E-state index in [0.717, 1.165) is 22.0 Å². The summed E-state index contributed by atoms with van der Waals surface area (Å²) in [7, 11) is 0. The molecule has 2 N–H and O–H groups in total. The lowest BCUT2D eigenvalue weighted by molar-refractivity contribution is 0.687. The summed E-state index contributed by atoms with van der Waals surface area (Å²) in [6.07, 6.45) is 1.63. The zero-order valence-electron chi connectivity index (χ0n) is 14.6. The van der Waals surface area contributed by atoms with Gasteiger partial charge in [-0.15, -0.1) is 5.10 Å². The molecule has 5 nitrogen and oxygen atoms in total. The number of rotatable bonds is 4. The molecule has 0 aliphatic heterocycles. The molecule has 0 radical (unpaired) electrons. The zero-order valence-corrected chi connectivity index (χ0v) is 16.9. The largest absolute Gasteiger partial charge is 0.332 e. The number of aromatic nitrogens is 3. The van der Waals surface area contributed by atoms with Gasteiger partial charge in [-0.3, -0.25) is 5.32 Å². The molecule has 3 aromatic carbocycles. The van der Waals surface area contributed by atoms with Crippen LogP contribution in [0.1, 0.15) is 5.56 Å². The first-order chi connectivity index (χ1) is 13.6. The lowest BCUT2D eigenvalue weighted by Gasteiger charge is -2.10. The molecule has 0 unspecified atom stereocenters. The van der Waals surface area contributed by atoms with Gasteiger partial charge in [-0.05, 0) is 41.4 Å². The van der Waals surface area contributed by atoms with Crippen LogP contribution in [-0.2, 0) is 6.54 Å². The fourth-order valence-corrected chi connectivity index (χ4v) is 3.36. The molecule has 28 heavy (non-hydrogen) atoms. The van der Waals surface area contributed by atoms with E-state index in [4.69, 9.17) is 35.4 Å². The predicted molar refractivity (Wildman–Crippen MR) is 119 cm³/mol. The van der Waals surface area contributed by atoms with Crippen LogP contribution in [0.25, 0.3) is 10.8 Å². The van der Waals surface area contributed by atoms with Gasteiger partial charge in [0.1, 0.15) is 6.33 Å². The summed E-state index contributed by atoms with van der Waals surface area (Å²) in [4.78, 5) is 4.25. The summed E-state index contributed by atoms with van der Waals surface area (Å²) in [5.41, 5.74) is 1.90. The van der Waals surface area contributed by atoms with E-state index in [-0.39, 0.29) is 0 Å². The molecule has 0 saturated carbocycles. The average molecular weight is 428 g/mol. The normalized spacial score (nSPS) is 10.8. The van der Waals surface area contributed by atoms with E-state index < -0.39 is 0 Å². The lowest BCUT2D eigenvalue weighted by atomic mass is 10.1. The second-order valence-corrected chi connectivity index (χ2v) is 7.34. The number of hydrogen-bond donors (Lipinski definition) is 2. The quantitative estimate of drug-likeness (QED) is 0.415. The smallest absolute Gasteiger partial charge is 0.248 e. The minimum atomic E-state index is 0.415. The summed E-state index contributed by atoms with van der Waals surface area (Å²) in [5.74, 6) is 0.415. The Morgan fingerprint density at radius 1 is 0.964 bits per heavy atom. The van der Waals surface area contributed by atoms with E-state index >= 15 is 0 Å². The van der Waals surface area contributed by atoms with Crippen molar-refractivity contribution in [3.05, 3.63) is 82.6 Å². The van der Waals surface area contributed by atoms with Crippen molar-refractivity contribution in [2.75, 3.05) is 10.6 Å². The Balaban J connectivity index is 1.43. The van der Waals surface area contributed by atoms with Gasteiger partial charge >= 0.3 is 0 Å². The van der Waals surface area contributed by atoms with Crippen molar-refractivity contribution < 1.29 is 0 Å². The van der Waals surface area contributed by atoms with Gasteiger partial charge in [0.15, 0.2) is 5.11 Å². The number of halogens is 2. The Morgan fingerprint density at radius 3 is 2.64 bits per heavy atom. The monoisotopic (exact) mass is 427 g/mol. The van der Waals surface area contributed by atoms with Crippen molar-refractivity contribution in [1.82, 2.24) is 14.8 Å². The molecule has 0 fully saturated rings. The van der Waals surface area contributed by atoms with Crippen LogP contribution in [0.5, 0.6) is 0 Å². The number of thiocarbonyl (C=S) groups is 1. The third kappa shape index (κ3) is 4.25. The molecule has 1 aromatic heterocycles. The first-order valence-electron chi connectivity index (χ1n) is 8.47. The maximum absolute atomic E-state index is 6.06. The molecule has 4 aromatic rings. The minimum absolute atomic E-state index is 0.415. The number of nitrogens with one attached hydrogen (secondary N) is 2. The van der Waals surface area contributed by atoms with E-state index in [9.17, 15) is 0 Å². The van der Waals surface area contributed by atoms with Crippen LogP contribution in [0.2, 0.25) is 10.0 Å². The highest BCUT2D eigenvalue weighted by molar-refractivity contribution is 7.80. The average Bonchev–Trinajstić information content (AvgIpc) is 3.11. The first kappa shape index (κ1) is 18.7. The molecule has 0 spiro atoms. The molecule has 140 valence electrons. The maximum Gasteiger partial charge on any atom is 0.248 e. The molecule has 0 aliphatic carbocycles. The van der Waals surface area contributed by atoms with Crippen LogP contribution in [0.15, 0.2) is 67.0 Å². The van der Waals surface area contributed by atoms with Crippen LogP contribution in [-0.4, -0.2) is 19.9 Å². The van der Waals surface area contributed by atoms with Crippen molar-refractivity contribution in [2.45, 2.75) is 6.54 Å². The molecule has 0 aliphatic rings. The van der Waals surface area contributed by atoms with E-state index in [0.29, 0.717) is 27.7 Å². The zero-order chi connectivity index (χ0) is 19.5. The minimum Gasteiger partial charge on any atom is -0.332 e. The Hall–Kier alpha value is -2.67. The van der Waals surface area contributed by atoms with Gasteiger partial charge in [-0.25, -0.2) is 9.67 Å².